The molecule has 158 valence electrons. The Balaban J connectivity index is 1.68. The molecular weight excluding hydrogens is 392 g/mol. The number of piperidine rings is 1. The fourth-order valence-corrected chi connectivity index (χ4v) is 3.59. The summed E-state index contributed by atoms with van der Waals surface area (Å²) in [6, 6.07) is 5.00. The SMILES string of the molecule is C#Cc1cncn1CCCC#Cc1cccc(C=O)c1CN(C)C1CCC(=O)NC1=O. The zero-order valence-corrected chi connectivity index (χ0v) is 17.4. The molecule has 1 unspecified atom stereocenters. The van der Waals surface area contributed by atoms with Crippen molar-refractivity contribution in [1.82, 2.24) is 19.8 Å². The summed E-state index contributed by atoms with van der Waals surface area (Å²) in [7, 11) is 1.81. The molecule has 3 rings (SSSR count). The van der Waals surface area contributed by atoms with Gasteiger partial charge in [0, 0.05) is 37.1 Å². The zero-order chi connectivity index (χ0) is 22.2. The number of carbonyl (C=O) groups excluding carboxylic acids is 3. The Kier molecular flexibility index (Phi) is 7.37. The number of likely N-dealkylation sites (N-methyl/N-ethyl adjacent to an activating group) is 1. The summed E-state index contributed by atoms with van der Waals surface area (Å²) in [5.41, 5.74) is 2.82. The summed E-state index contributed by atoms with van der Waals surface area (Å²) in [5.74, 6) is 8.37. The van der Waals surface area contributed by atoms with Gasteiger partial charge in [0.25, 0.3) is 0 Å². The molecular formula is C24H24N4O3. The minimum atomic E-state index is -0.418. The molecule has 0 radical (unpaired) electrons. The van der Waals surface area contributed by atoms with Crippen molar-refractivity contribution < 1.29 is 14.4 Å². The lowest BCUT2D eigenvalue weighted by atomic mass is 9.99. The van der Waals surface area contributed by atoms with Crippen LogP contribution in [0.25, 0.3) is 0 Å². The summed E-state index contributed by atoms with van der Waals surface area (Å²) >= 11 is 0. The highest BCUT2D eigenvalue weighted by molar-refractivity contribution is 6.00. The fourth-order valence-electron chi connectivity index (χ4n) is 3.59. The second kappa shape index (κ2) is 10.4. The maximum Gasteiger partial charge on any atom is 0.243 e. The third-order valence-electron chi connectivity index (χ3n) is 5.27. The van der Waals surface area contributed by atoms with E-state index >= 15 is 0 Å². The van der Waals surface area contributed by atoms with Crippen molar-refractivity contribution in [2.24, 2.45) is 0 Å². The fraction of sp³-hybridized carbons (Fsp3) is 0.333. The average Bonchev–Trinajstić information content (AvgIpc) is 3.21. The van der Waals surface area contributed by atoms with E-state index in [9.17, 15) is 14.4 Å². The smallest absolute Gasteiger partial charge is 0.243 e. The van der Waals surface area contributed by atoms with Crippen molar-refractivity contribution in [2.75, 3.05) is 7.05 Å². The predicted molar refractivity (Wildman–Crippen MR) is 116 cm³/mol. The van der Waals surface area contributed by atoms with E-state index in [1.807, 2.05) is 22.6 Å². The van der Waals surface area contributed by atoms with Crippen LogP contribution in [0.2, 0.25) is 0 Å². The van der Waals surface area contributed by atoms with Crippen molar-refractivity contribution >= 4 is 18.1 Å². The molecule has 7 nitrogen and oxygen atoms in total. The van der Waals surface area contributed by atoms with Crippen LogP contribution in [-0.2, 0) is 22.7 Å². The van der Waals surface area contributed by atoms with Crippen LogP contribution >= 0.6 is 0 Å². The van der Waals surface area contributed by atoms with Gasteiger partial charge in [-0.2, -0.15) is 0 Å². The quantitative estimate of drug-likeness (QED) is 0.322. The first-order valence-electron chi connectivity index (χ1n) is 10.1. The molecule has 1 aliphatic rings. The summed E-state index contributed by atoms with van der Waals surface area (Å²) in [4.78, 5) is 41.1. The first-order chi connectivity index (χ1) is 15.0. The molecule has 0 aliphatic carbocycles. The molecule has 0 bridgehead atoms. The van der Waals surface area contributed by atoms with Crippen LogP contribution in [-0.4, -0.2) is 45.6 Å². The highest BCUT2D eigenvalue weighted by Gasteiger charge is 2.30. The van der Waals surface area contributed by atoms with Crippen molar-refractivity contribution in [3.63, 3.8) is 0 Å². The number of rotatable bonds is 7. The second-order valence-electron chi connectivity index (χ2n) is 7.40. The van der Waals surface area contributed by atoms with Gasteiger partial charge in [-0.1, -0.05) is 29.9 Å². The topological polar surface area (TPSA) is 84.3 Å². The number of amides is 2. The molecule has 1 N–H and O–H groups in total. The highest BCUT2D eigenvalue weighted by Crippen LogP contribution is 2.19. The molecule has 1 aromatic carbocycles. The number of hydrogen-bond acceptors (Lipinski definition) is 5. The second-order valence-corrected chi connectivity index (χ2v) is 7.40. The molecule has 2 amide bonds. The van der Waals surface area contributed by atoms with Crippen molar-refractivity contribution in [3.8, 4) is 24.2 Å². The van der Waals surface area contributed by atoms with E-state index in [1.165, 1.54) is 0 Å². The van der Waals surface area contributed by atoms with E-state index in [0.29, 0.717) is 31.4 Å². The molecule has 1 fully saturated rings. The Bertz CT molecular complexity index is 1080. The summed E-state index contributed by atoms with van der Waals surface area (Å²) in [6.07, 6.45) is 11.9. The summed E-state index contributed by atoms with van der Waals surface area (Å²) < 4.78 is 1.91. The molecule has 0 spiro atoms. The van der Waals surface area contributed by atoms with E-state index in [0.717, 1.165) is 36.1 Å². The van der Waals surface area contributed by atoms with E-state index < -0.39 is 6.04 Å². The van der Waals surface area contributed by atoms with E-state index in [1.54, 1.807) is 24.7 Å². The largest absolute Gasteiger partial charge is 0.324 e. The average molecular weight is 416 g/mol. The van der Waals surface area contributed by atoms with Crippen LogP contribution in [0.5, 0.6) is 0 Å². The molecule has 7 heteroatoms. The first-order valence-corrected chi connectivity index (χ1v) is 10.1. The maximum absolute atomic E-state index is 12.2. The first kappa shape index (κ1) is 22.0. The van der Waals surface area contributed by atoms with Gasteiger partial charge in [-0.3, -0.25) is 24.6 Å². The molecule has 1 aliphatic heterocycles. The Labute approximate surface area is 181 Å². The molecule has 31 heavy (non-hydrogen) atoms. The minimum absolute atomic E-state index is 0.250. The molecule has 2 aromatic rings. The van der Waals surface area contributed by atoms with E-state index in [-0.39, 0.29) is 11.8 Å². The Morgan fingerprint density at radius 1 is 1.39 bits per heavy atom. The number of hydrogen-bond donors (Lipinski definition) is 1. The van der Waals surface area contributed by atoms with Crippen LogP contribution < -0.4 is 5.32 Å². The number of aldehydes is 1. The Morgan fingerprint density at radius 3 is 2.97 bits per heavy atom. The molecule has 1 atom stereocenters. The van der Waals surface area contributed by atoms with Gasteiger partial charge in [-0.05, 0) is 31.5 Å². The van der Waals surface area contributed by atoms with Gasteiger partial charge in [0.05, 0.1) is 18.6 Å². The predicted octanol–water partition coefficient (Wildman–Crippen LogP) is 1.75. The molecule has 0 saturated carbocycles. The van der Waals surface area contributed by atoms with E-state index in [2.05, 4.69) is 28.1 Å². The minimum Gasteiger partial charge on any atom is -0.324 e. The van der Waals surface area contributed by atoms with Crippen LogP contribution in [0, 0.1) is 24.2 Å². The van der Waals surface area contributed by atoms with Gasteiger partial charge in [0.1, 0.15) is 12.0 Å². The summed E-state index contributed by atoms with van der Waals surface area (Å²) in [5, 5.41) is 2.37. The number of imidazole rings is 1. The van der Waals surface area contributed by atoms with Crippen LogP contribution in [0.15, 0.2) is 30.7 Å². The number of carbonyl (C=O) groups is 3. The number of benzene rings is 1. The van der Waals surface area contributed by atoms with Crippen LogP contribution in [0.1, 0.15) is 52.9 Å². The lowest BCUT2D eigenvalue weighted by molar-refractivity contribution is -0.137. The van der Waals surface area contributed by atoms with Gasteiger partial charge in [0.15, 0.2) is 0 Å². The molecule has 2 heterocycles. The van der Waals surface area contributed by atoms with Crippen molar-refractivity contribution in [1.29, 1.82) is 0 Å². The Morgan fingerprint density at radius 2 is 2.23 bits per heavy atom. The lowest BCUT2D eigenvalue weighted by Crippen LogP contribution is -2.51. The van der Waals surface area contributed by atoms with Crippen LogP contribution in [0.3, 0.4) is 0 Å². The zero-order valence-electron chi connectivity index (χ0n) is 17.4. The van der Waals surface area contributed by atoms with Gasteiger partial charge in [0.2, 0.25) is 11.8 Å². The van der Waals surface area contributed by atoms with Crippen molar-refractivity contribution in [2.45, 2.75) is 44.8 Å². The number of imide groups is 1. The van der Waals surface area contributed by atoms with Crippen molar-refractivity contribution in [3.05, 3.63) is 53.1 Å². The van der Waals surface area contributed by atoms with E-state index in [4.69, 9.17) is 6.42 Å². The Hall–Kier alpha value is -3.68. The molecule has 1 aromatic heterocycles. The standard InChI is InChI=1S/C24H24N4O3/c1-3-20-14-25-17-28(20)13-6-4-5-8-18-9-7-10-19(16-29)21(18)15-27(2)22-11-12-23(30)26-24(22)31/h1,7,9-10,14,16-17,22H,4,6,11-13,15H2,2H3,(H,26,30,31). The molecule has 1 saturated heterocycles. The number of unbranched alkanes of at least 4 members (excludes halogenated alkanes) is 1. The number of nitrogens with zero attached hydrogens (tertiary/aromatic N) is 3. The number of terminal acetylenes is 1. The maximum atomic E-state index is 12.2. The third kappa shape index (κ3) is 5.48. The third-order valence-corrected chi connectivity index (χ3v) is 5.27. The normalized spacial score (nSPS) is 15.7. The van der Waals surface area contributed by atoms with Crippen LogP contribution in [0.4, 0.5) is 0 Å². The highest BCUT2D eigenvalue weighted by atomic mass is 16.2. The lowest BCUT2D eigenvalue weighted by Gasteiger charge is -2.30. The number of aryl methyl sites for hydroxylation is 1. The number of aromatic nitrogens is 2. The van der Waals surface area contributed by atoms with Gasteiger partial charge >= 0.3 is 0 Å². The van der Waals surface area contributed by atoms with Gasteiger partial charge in [-0.25, -0.2) is 4.98 Å². The monoisotopic (exact) mass is 416 g/mol. The van der Waals surface area contributed by atoms with Gasteiger partial charge < -0.3 is 4.57 Å². The number of nitrogens with one attached hydrogen (secondary N) is 1. The summed E-state index contributed by atoms with van der Waals surface area (Å²) in [6.45, 7) is 1.11. The van der Waals surface area contributed by atoms with Gasteiger partial charge in [-0.15, -0.1) is 6.42 Å².